The van der Waals surface area contributed by atoms with E-state index in [1.807, 2.05) is 0 Å². The lowest BCUT2D eigenvalue weighted by atomic mass is 10.2. The Kier molecular flexibility index (Phi) is 1.92. The van der Waals surface area contributed by atoms with Crippen molar-refractivity contribution < 1.29 is 4.92 Å². The highest BCUT2D eigenvalue weighted by Gasteiger charge is 2.14. The normalized spacial score (nSPS) is 8.92. The van der Waals surface area contributed by atoms with Gasteiger partial charge in [0.1, 0.15) is 11.8 Å². The number of nitrogens with two attached hydrogens (primary N) is 1. The quantitative estimate of drug-likeness (QED) is 0.390. The van der Waals surface area contributed by atoms with Crippen LogP contribution < -0.4 is 5.73 Å². The zero-order valence-electron chi connectivity index (χ0n) is 6.10. The van der Waals surface area contributed by atoms with Crippen molar-refractivity contribution in [1.29, 1.82) is 0 Å². The van der Waals surface area contributed by atoms with Crippen molar-refractivity contribution in [2.75, 3.05) is 5.73 Å². The maximum Gasteiger partial charge on any atom is 0.369 e. The number of nitrogen functional groups attached to an aromatic ring is 1. The van der Waals surface area contributed by atoms with E-state index in [2.05, 4.69) is 4.85 Å². The molecule has 5 nitrogen and oxygen atoms in total. The van der Waals surface area contributed by atoms with Crippen LogP contribution in [0, 0.1) is 16.7 Å². The van der Waals surface area contributed by atoms with Crippen molar-refractivity contribution in [3.63, 3.8) is 0 Å². The van der Waals surface area contributed by atoms with Crippen LogP contribution in [0.3, 0.4) is 0 Å². The molecule has 0 atom stereocenters. The molecule has 0 aliphatic heterocycles. The first-order valence-electron chi connectivity index (χ1n) is 3.10. The number of anilines is 1. The van der Waals surface area contributed by atoms with E-state index in [4.69, 9.17) is 12.3 Å². The molecule has 0 saturated heterocycles. The smallest absolute Gasteiger partial charge is 0.369 e. The predicted molar refractivity (Wildman–Crippen MR) is 45.5 cm³/mol. The van der Waals surface area contributed by atoms with E-state index in [0.29, 0.717) is 5.69 Å². The predicted octanol–water partition coefficient (Wildman–Crippen LogP) is 1.77. The van der Waals surface area contributed by atoms with E-state index >= 15 is 0 Å². The van der Waals surface area contributed by atoms with Gasteiger partial charge in [0.2, 0.25) is 0 Å². The van der Waals surface area contributed by atoms with Crippen molar-refractivity contribution in [2.24, 2.45) is 0 Å². The maximum absolute atomic E-state index is 10.3. The molecule has 60 valence electrons. The Balaban J connectivity index is 3.25. The molecule has 0 amide bonds. The minimum Gasteiger partial charge on any atom is -0.392 e. The lowest BCUT2D eigenvalue weighted by Crippen LogP contribution is -1.89. The van der Waals surface area contributed by atoms with E-state index in [1.165, 1.54) is 18.2 Å². The van der Waals surface area contributed by atoms with Crippen LogP contribution >= 0.6 is 0 Å². The summed E-state index contributed by atoms with van der Waals surface area (Å²) in [5, 5.41) is 10.3. The molecule has 0 saturated carbocycles. The molecule has 5 heteroatoms. The molecule has 0 aromatic heterocycles. The molecule has 0 bridgehead atoms. The average molecular weight is 164 g/mol. The Labute approximate surface area is 68.4 Å². The Morgan fingerprint density at radius 3 is 2.75 bits per heavy atom. The van der Waals surface area contributed by atoms with Gasteiger partial charge >= 0.3 is 5.69 Å². The van der Waals surface area contributed by atoms with E-state index in [9.17, 15) is 10.1 Å². The Morgan fingerprint density at radius 1 is 1.58 bits per heavy atom. The molecule has 0 unspecified atom stereocenters. The molecule has 0 aliphatic carbocycles. The van der Waals surface area contributed by atoms with Crippen molar-refractivity contribution in [3.8, 4) is 6.57 Å². The van der Waals surface area contributed by atoms with Crippen LogP contribution in [0.5, 0.6) is 0 Å². The molecule has 1 aromatic carbocycles. The van der Waals surface area contributed by atoms with E-state index in [1.54, 1.807) is 0 Å². The number of rotatable bonds is 1. The summed E-state index contributed by atoms with van der Waals surface area (Å²) in [4.78, 5) is 13.0. The molecule has 1 rings (SSSR count). The first-order chi connectivity index (χ1) is 5.65. The highest BCUT2D eigenvalue weighted by atomic mass is 16.6. The minimum absolute atomic E-state index is 0.0756. The molecular weight excluding hydrogens is 158 g/mol. The van der Waals surface area contributed by atoms with Gasteiger partial charge in [-0.15, -0.1) is 0 Å². The van der Waals surface area contributed by atoms with Crippen LogP contribution in [-0.2, 0) is 0 Å². The first kappa shape index (κ1) is 8.01. The molecule has 2 N–H and O–H groups in total. The van der Waals surface area contributed by atoms with Gasteiger partial charge in [0.15, 0.2) is 0 Å². The third kappa shape index (κ3) is 1.32. The molecule has 1 aromatic rings. The minimum atomic E-state index is -0.534. The van der Waals surface area contributed by atoms with Crippen LogP contribution in [0.4, 0.5) is 17.1 Å². The Bertz CT molecular complexity index is 367. The molecule has 0 fully saturated rings. The third-order valence-corrected chi connectivity index (χ3v) is 1.36. The second-order valence-corrected chi connectivity index (χ2v) is 2.13. The summed E-state index contributed by atoms with van der Waals surface area (Å²) in [5.74, 6) is 0. The van der Waals surface area contributed by atoms with E-state index < -0.39 is 4.92 Å². The van der Waals surface area contributed by atoms with Gasteiger partial charge < -0.3 is 5.73 Å². The van der Waals surface area contributed by atoms with Gasteiger partial charge in [-0.25, -0.2) is 0 Å². The fourth-order valence-corrected chi connectivity index (χ4v) is 0.757. The van der Waals surface area contributed by atoms with Gasteiger partial charge in [0.05, 0.1) is 4.92 Å². The summed E-state index contributed by atoms with van der Waals surface area (Å²) < 4.78 is 0. The molecule has 0 aliphatic rings. The Hall–Kier alpha value is -2.09. The van der Waals surface area contributed by atoms with Crippen molar-refractivity contribution in [3.05, 3.63) is 33.2 Å². The number of nitro benzene ring substituents is 1. The van der Waals surface area contributed by atoms with Crippen LogP contribution in [0.1, 0.15) is 0 Å². The van der Waals surface area contributed by atoms with Crippen molar-refractivity contribution in [1.82, 2.24) is 0 Å². The summed E-state index contributed by atoms with van der Waals surface area (Å²) in [5.41, 5.74) is 5.88. The van der Waals surface area contributed by atoms with Crippen LogP contribution in [0.2, 0.25) is 0 Å². The topological polar surface area (TPSA) is 73.5 Å². The number of hydrogen-bond acceptors (Lipinski definition) is 3. The molecular formula is C7H6N3O2+. The lowest BCUT2D eigenvalue weighted by Gasteiger charge is -1.89. The third-order valence-electron chi connectivity index (χ3n) is 1.36. The molecule has 12 heavy (non-hydrogen) atoms. The summed E-state index contributed by atoms with van der Waals surface area (Å²) in [6.45, 7) is 4.94. The van der Waals surface area contributed by atoms with Crippen LogP contribution in [-0.4, -0.2) is 4.92 Å². The summed E-state index contributed by atoms with van der Waals surface area (Å²) in [6, 6.07) is 3.91. The van der Waals surface area contributed by atoms with Gasteiger partial charge in [-0.3, -0.25) is 10.1 Å². The SMILES string of the molecule is C#[N+]c1cc([N+](=O)[O-])ccc1N. The second kappa shape index (κ2) is 2.88. The van der Waals surface area contributed by atoms with Gasteiger partial charge in [-0.2, -0.15) is 0 Å². The van der Waals surface area contributed by atoms with E-state index in [-0.39, 0.29) is 11.4 Å². The highest BCUT2D eigenvalue weighted by Crippen LogP contribution is 2.26. The zero-order chi connectivity index (χ0) is 9.14. The van der Waals surface area contributed by atoms with Crippen LogP contribution in [0.25, 0.3) is 4.85 Å². The number of nitrogens with zero attached hydrogens (tertiary/aromatic N) is 2. The van der Waals surface area contributed by atoms with E-state index in [0.717, 1.165) is 0 Å². The molecule has 0 heterocycles. The first-order valence-corrected chi connectivity index (χ1v) is 3.10. The standard InChI is InChI=1S/C7H6N3O2/c1-9-7-4-5(10(11)12)2-3-6(7)8/h1-4H,8H2/q+1. The highest BCUT2D eigenvalue weighted by molar-refractivity contribution is 5.70. The summed E-state index contributed by atoms with van der Waals surface area (Å²) >= 11 is 0. The van der Waals surface area contributed by atoms with Gasteiger partial charge in [-0.1, -0.05) is 0 Å². The molecule has 0 radical (unpaired) electrons. The maximum atomic E-state index is 10.3. The monoisotopic (exact) mass is 164 g/mol. The number of benzene rings is 1. The fraction of sp³-hybridized carbons (Fsp3) is 0. The summed E-state index contributed by atoms with van der Waals surface area (Å²) in [7, 11) is 0. The number of non-ortho nitro benzene ring substituents is 1. The zero-order valence-corrected chi connectivity index (χ0v) is 6.10. The van der Waals surface area contributed by atoms with Crippen molar-refractivity contribution >= 4 is 17.1 Å². The molecule has 0 spiro atoms. The Morgan fingerprint density at radius 2 is 2.25 bits per heavy atom. The average Bonchev–Trinajstić information content (AvgIpc) is 2.05. The second-order valence-electron chi connectivity index (χ2n) is 2.13. The van der Waals surface area contributed by atoms with Gasteiger partial charge in [0, 0.05) is 6.07 Å². The van der Waals surface area contributed by atoms with Gasteiger partial charge in [0.25, 0.3) is 12.3 Å². The fourth-order valence-electron chi connectivity index (χ4n) is 0.757. The summed E-state index contributed by atoms with van der Waals surface area (Å²) in [6.07, 6.45) is 0. The lowest BCUT2D eigenvalue weighted by molar-refractivity contribution is -0.384. The number of nitro groups is 1. The number of hydrogen-bond donors (Lipinski definition) is 1. The van der Waals surface area contributed by atoms with Crippen LogP contribution in [0.15, 0.2) is 18.2 Å². The largest absolute Gasteiger partial charge is 0.392 e. The van der Waals surface area contributed by atoms with Crippen molar-refractivity contribution in [2.45, 2.75) is 0 Å². The van der Waals surface area contributed by atoms with Gasteiger partial charge in [-0.05, 0) is 10.9 Å².